The van der Waals surface area contributed by atoms with Crippen LogP contribution in [-0.2, 0) is 0 Å². The van der Waals surface area contributed by atoms with Gasteiger partial charge < -0.3 is 5.32 Å². The van der Waals surface area contributed by atoms with Gasteiger partial charge in [-0.3, -0.25) is 0 Å². The average molecular weight is 262 g/mol. The number of rotatable bonds is 3. The van der Waals surface area contributed by atoms with Crippen molar-refractivity contribution in [3.05, 3.63) is 24.4 Å². The Bertz CT molecular complexity index is 491. The first-order valence-electron chi connectivity index (χ1n) is 6.46. The molecule has 18 heavy (non-hydrogen) atoms. The van der Waals surface area contributed by atoms with Gasteiger partial charge in [-0.25, -0.2) is 4.52 Å². The number of hydrogen-bond acceptors (Lipinski definition) is 4. The Hall–Kier alpha value is -1.23. The molecule has 0 aliphatic heterocycles. The molecule has 3 rings (SSSR count). The van der Waals surface area contributed by atoms with E-state index in [1.165, 1.54) is 25.7 Å². The van der Waals surface area contributed by atoms with Gasteiger partial charge in [0.1, 0.15) is 0 Å². The van der Waals surface area contributed by atoms with E-state index in [0.717, 1.165) is 16.8 Å². The van der Waals surface area contributed by atoms with E-state index >= 15 is 0 Å². The number of pyridine rings is 1. The molecule has 0 amide bonds. The maximum absolute atomic E-state index is 4.49. The Labute approximate surface area is 111 Å². The van der Waals surface area contributed by atoms with Gasteiger partial charge in [-0.15, -0.1) is 5.10 Å². The quantitative estimate of drug-likeness (QED) is 0.923. The van der Waals surface area contributed by atoms with Crippen LogP contribution in [0.2, 0.25) is 0 Å². The molecule has 5 heteroatoms. The Morgan fingerprint density at radius 1 is 1.39 bits per heavy atom. The van der Waals surface area contributed by atoms with E-state index in [0.29, 0.717) is 6.04 Å². The second-order valence-electron chi connectivity index (χ2n) is 4.80. The predicted molar refractivity (Wildman–Crippen MR) is 76.2 cm³/mol. The summed E-state index contributed by atoms with van der Waals surface area (Å²) in [4.78, 5) is 4.49. The molecule has 1 fully saturated rings. The van der Waals surface area contributed by atoms with Crippen LogP contribution in [0.3, 0.4) is 0 Å². The zero-order valence-electron chi connectivity index (χ0n) is 10.5. The van der Waals surface area contributed by atoms with Gasteiger partial charge in [0.15, 0.2) is 5.65 Å². The second kappa shape index (κ2) is 5.18. The standard InChI is InChI=1S/C13H18N4S/c1-18-11-6-4-5-10(9-11)14-13-15-12-7-2-3-8-17(12)16-13/h2-3,7-8,10-11H,4-6,9H2,1H3,(H,14,16). The van der Waals surface area contributed by atoms with E-state index in [2.05, 4.69) is 21.7 Å². The number of fused-ring (bicyclic) bond motifs is 1. The van der Waals surface area contributed by atoms with E-state index in [4.69, 9.17) is 0 Å². The maximum atomic E-state index is 4.49. The molecule has 1 N–H and O–H groups in total. The van der Waals surface area contributed by atoms with Gasteiger partial charge in [-0.05, 0) is 37.7 Å². The molecule has 96 valence electrons. The monoisotopic (exact) mass is 262 g/mol. The lowest BCUT2D eigenvalue weighted by Gasteiger charge is -2.28. The van der Waals surface area contributed by atoms with Crippen molar-refractivity contribution >= 4 is 23.4 Å². The second-order valence-corrected chi connectivity index (χ2v) is 5.94. The highest BCUT2D eigenvalue weighted by atomic mass is 32.2. The lowest BCUT2D eigenvalue weighted by Crippen LogP contribution is -2.28. The van der Waals surface area contributed by atoms with Crippen molar-refractivity contribution in [1.82, 2.24) is 14.6 Å². The van der Waals surface area contributed by atoms with Gasteiger partial charge >= 0.3 is 0 Å². The van der Waals surface area contributed by atoms with Gasteiger partial charge in [0.2, 0.25) is 5.95 Å². The van der Waals surface area contributed by atoms with Gasteiger partial charge in [0.25, 0.3) is 0 Å². The molecule has 2 heterocycles. The Morgan fingerprint density at radius 3 is 3.17 bits per heavy atom. The molecular weight excluding hydrogens is 244 g/mol. The summed E-state index contributed by atoms with van der Waals surface area (Å²) in [6, 6.07) is 6.45. The fourth-order valence-electron chi connectivity index (χ4n) is 2.57. The molecule has 1 aliphatic rings. The number of thioether (sulfide) groups is 1. The normalized spacial score (nSPS) is 24.3. The SMILES string of the molecule is CSC1CCCC(Nc2nc3ccccn3n2)C1. The van der Waals surface area contributed by atoms with Crippen molar-refractivity contribution in [3.8, 4) is 0 Å². The number of aromatic nitrogens is 3. The molecule has 2 aromatic rings. The van der Waals surface area contributed by atoms with Crippen molar-refractivity contribution in [3.63, 3.8) is 0 Å². The van der Waals surface area contributed by atoms with E-state index in [9.17, 15) is 0 Å². The van der Waals surface area contributed by atoms with Crippen LogP contribution < -0.4 is 5.32 Å². The first kappa shape index (κ1) is 11.8. The smallest absolute Gasteiger partial charge is 0.243 e. The predicted octanol–water partition coefficient (Wildman–Crippen LogP) is 2.82. The summed E-state index contributed by atoms with van der Waals surface area (Å²) in [5.74, 6) is 0.757. The topological polar surface area (TPSA) is 42.2 Å². The lowest BCUT2D eigenvalue weighted by molar-refractivity contribution is 0.471. The number of hydrogen-bond donors (Lipinski definition) is 1. The van der Waals surface area contributed by atoms with Crippen LogP contribution in [0.15, 0.2) is 24.4 Å². The van der Waals surface area contributed by atoms with Crippen LogP contribution >= 0.6 is 11.8 Å². The van der Waals surface area contributed by atoms with Crippen molar-refractivity contribution in [2.45, 2.75) is 37.0 Å². The van der Waals surface area contributed by atoms with Gasteiger partial charge in [0, 0.05) is 17.5 Å². The molecule has 0 bridgehead atoms. The van der Waals surface area contributed by atoms with E-state index in [-0.39, 0.29) is 0 Å². The van der Waals surface area contributed by atoms with E-state index in [1.807, 2.05) is 40.7 Å². The van der Waals surface area contributed by atoms with Crippen LogP contribution in [0.5, 0.6) is 0 Å². The minimum atomic E-state index is 0.522. The van der Waals surface area contributed by atoms with Crippen LogP contribution in [0.4, 0.5) is 5.95 Å². The number of nitrogens with one attached hydrogen (secondary N) is 1. The molecular formula is C13H18N4S. The molecule has 0 aromatic carbocycles. The first-order valence-corrected chi connectivity index (χ1v) is 7.74. The summed E-state index contributed by atoms with van der Waals surface area (Å²) >= 11 is 1.98. The van der Waals surface area contributed by atoms with Gasteiger partial charge in [0.05, 0.1) is 0 Å². The minimum absolute atomic E-state index is 0.522. The molecule has 0 spiro atoms. The molecule has 1 aliphatic carbocycles. The maximum Gasteiger partial charge on any atom is 0.243 e. The third kappa shape index (κ3) is 2.46. The summed E-state index contributed by atoms with van der Waals surface area (Å²) in [5, 5.41) is 8.71. The summed E-state index contributed by atoms with van der Waals surface area (Å²) < 4.78 is 1.82. The highest BCUT2D eigenvalue weighted by Gasteiger charge is 2.22. The number of nitrogens with zero attached hydrogens (tertiary/aromatic N) is 3. The largest absolute Gasteiger partial charge is 0.350 e. The minimum Gasteiger partial charge on any atom is -0.350 e. The van der Waals surface area contributed by atoms with Crippen molar-refractivity contribution < 1.29 is 0 Å². The van der Waals surface area contributed by atoms with Crippen LogP contribution in [-0.4, -0.2) is 32.1 Å². The summed E-state index contributed by atoms with van der Waals surface area (Å²) in [6.07, 6.45) is 9.23. The molecule has 4 nitrogen and oxygen atoms in total. The highest BCUT2D eigenvalue weighted by Crippen LogP contribution is 2.28. The first-order chi connectivity index (χ1) is 8.85. The van der Waals surface area contributed by atoms with Gasteiger partial charge in [-0.2, -0.15) is 16.7 Å². The fraction of sp³-hybridized carbons (Fsp3) is 0.538. The molecule has 0 saturated heterocycles. The van der Waals surface area contributed by atoms with Crippen LogP contribution in [0, 0.1) is 0 Å². The third-order valence-corrected chi connectivity index (χ3v) is 4.63. The number of anilines is 1. The van der Waals surface area contributed by atoms with Crippen molar-refractivity contribution in [2.24, 2.45) is 0 Å². The highest BCUT2D eigenvalue weighted by molar-refractivity contribution is 7.99. The van der Waals surface area contributed by atoms with Crippen molar-refractivity contribution in [2.75, 3.05) is 11.6 Å². The zero-order valence-corrected chi connectivity index (χ0v) is 11.4. The summed E-state index contributed by atoms with van der Waals surface area (Å²) in [6.45, 7) is 0. The Morgan fingerprint density at radius 2 is 2.33 bits per heavy atom. The Kier molecular flexibility index (Phi) is 3.41. The summed E-state index contributed by atoms with van der Waals surface area (Å²) in [5.41, 5.74) is 0.900. The Balaban J connectivity index is 1.71. The average Bonchev–Trinajstić information content (AvgIpc) is 2.81. The zero-order chi connectivity index (χ0) is 12.4. The van der Waals surface area contributed by atoms with Crippen LogP contribution in [0.25, 0.3) is 5.65 Å². The molecule has 2 unspecified atom stereocenters. The van der Waals surface area contributed by atoms with Crippen molar-refractivity contribution in [1.29, 1.82) is 0 Å². The van der Waals surface area contributed by atoms with E-state index in [1.54, 1.807) is 0 Å². The molecule has 2 aromatic heterocycles. The lowest BCUT2D eigenvalue weighted by atomic mass is 9.95. The van der Waals surface area contributed by atoms with E-state index < -0.39 is 0 Å². The van der Waals surface area contributed by atoms with Crippen LogP contribution in [0.1, 0.15) is 25.7 Å². The molecule has 2 atom stereocenters. The summed E-state index contributed by atoms with van der Waals surface area (Å²) in [7, 11) is 0. The fourth-order valence-corrected chi connectivity index (χ4v) is 3.39. The molecule has 1 saturated carbocycles. The molecule has 0 radical (unpaired) electrons. The van der Waals surface area contributed by atoms with Gasteiger partial charge in [-0.1, -0.05) is 12.5 Å². The third-order valence-electron chi connectivity index (χ3n) is 3.53.